The zero-order valence-electron chi connectivity index (χ0n) is 14.2. The van der Waals surface area contributed by atoms with Crippen LogP contribution in [-0.2, 0) is 4.79 Å². The van der Waals surface area contributed by atoms with Crippen LogP contribution in [0.1, 0.15) is 17.0 Å². The Bertz CT molecular complexity index is 929. The highest BCUT2D eigenvalue weighted by Gasteiger charge is 2.57. The summed E-state index contributed by atoms with van der Waals surface area (Å²) in [7, 11) is 0. The second-order valence-corrected chi connectivity index (χ2v) is 7.46. The van der Waals surface area contributed by atoms with Crippen molar-refractivity contribution in [3.05, 3.63) is 75.8 Å². The first-order chi connectivity index (χ1) is 13.2. The molecule has 28 heavy (non-hydrogen) atoms. The highest BCUT2D eigenvalue weighted by atomic mass is 35.5. The summed E-state index contributed by atoms with van der Waals surface area (Å²) in [6.45, 7) is 0. The van der Waals surface area contributed by atoms with Gasteiger partial charge in [0.05, 0.1) is 5.92 Å². The van der Waals surface area contributed by atoms with Gasteiger partial charge in [0.25, 0.3) is 5.91 Å². The van der Waals surface area contributed by atoms with Gasteiger partial charge in [-0.3, -0.25) is 9.80 Å². The van der Waals surface area contributed by atoms with Crippen LogP contribution in [0.15, 0.2) is 54.6 Å². The molecule has 1 saturated heterocycles. The summed E-state index contributed by atoms with van der Waals surface area (Å²) in [5.41, 5.74) is 3.84. The van der Waals surface area contributed by atoms with Gasteiger partial charge in [-0.05, 0) is 35.4 Å². The van der Waals surface area contributed by atoms with Crippen molar-refractivity contribution in [2.45, 2.75) is 24.3 Å². The van der Waals surface area contributed by atoms with Crippen molar-refractivity contribution >= 4 is 34.8 Å². The number of alkyl halides is 3. The van der Waals surface area contributed by atoms with Gasteiger partial charge in [0, 0.05) is 21.8 Å². The number of carbonyl (C=O) groups excluding carboxylic acids is 1. The molecule has 3 unspecified atom stereocenters. The normalized spacial score (nSPS) is 24.6. The summed E-state index contributed by atoms with van der Waals surface area (Å²) in [5.74, 6) is -1.61. The molecular formula is C19H14Cl2F3N3O. The van der Waals surface area contributed by atoms with E-state index in [2.05, 4.69) is 10.7 Å². The standard InChI is InChI=1S/C19H14Cl2F3N3O/c20-12-5-1-10(2-6-12)14-9-15(28)27-18(25-14)16(17(26-27)19(22,23)24)11-3-7-13(21)8-4-11/h1-9,16-18,25-26H. The second kappa shape index (κ2) is 6.99. The van der Waals surface area contributed by atoms with Crippen LogP contribution in [0.4, 0.5) is 13.2 Å². The molecule has 0 bridgehead atoms. The van der Waals surface area contributed by atoms with Crippen LogP contribution in [0.5, 0.6) is 0 Å². The molecule has 4 rings (SSSR count). The monoisotopic (exact) mass is 427 g/mol. The number of rotatable bonds is 2. The van der Waals surface area contributed by atoms with Crippen LogP contribution in [-0.4, -0.2) is 29.3 Å². The van der Waals surface area contributed by atoms with Crippen molar-refractivity contribution in [2.75, 3.05) is 0 Å². The van der Waals surface area contributed by atoms with Crippen LogP contribution >= 0.6 is 23.2 Å². The lowest BCUT2D eigenvalue weighted by atomic mass is 9.89. The lowest BCUT2D eigenvalue weighted by Crippen LogP contribution is -2.53. The van der Waals surface area contributed by atoms with Gasteiger partial charge in [0.15, 0.2) is 0 Å². The first kappa shape index (κ1) is 19.1. The minimum absolute atomic E-state index is 0.421. The van der Waals surface area contributed by atoms with E-state index in [9.17, 15) is 18.0 Å². The molecular weight excluding hydrogens is 414 g/mol. The van der Waals surface area contributed by atoms with E-state index in [0.29, 0.717) is 26.9 Å². The number of hydrogen-bond donors (Lipinski definition) is 2. The Balaban J connectivity index is 1.73. The third-order valence-electron chi connectivity index (χ3n) is 4.83. The maximum atomic E-state index is 13.7. The van der Waals surface area contributed by atoms with Crippen molar-refractivity contribution in [1.29, 1.82) is 0 Å². The number of hydrogen-bond acceptors (Lipinski definition) is 3. The molecule has 1 fully saturated rings. The van der Waals surface area contributed by atoms with Crippen molar-refractivity contribution in [2.24, 2.45) is 0 Å². The number of hydrazine groups is 1. The molecule has 0 aliphatic carbocycles. The molecule has 0 saturated carbocycles. The van der Waals surface area contributed by atoms with Crippen LogP contribution in [0.3, 0.4) is 0 Å². The molecule has 0 radical (unpaired) electrons. The average molecular weight is 428 g/mol. The summed E-state index contributed by atoms with van der Waals surface area (Å²) >= 11 is 11.8. The zero-order valence-corrected chi connectivity index (χ0v) is 15.7. The number of carbonyl (C=O) groups is 1. The molecule has 0 spiro atoms. The Morgan fingerprint density at radius 1 is 0.929 bits per heavy atom. The Morgan fingerprint density at radius 2 is 1.50 bits per heavy atom. The summed E-state index contributed by atoms with van der Waals surface area (Å²) in [6, 6.07) is 10.9. The Morgan fingerprint density at radius 3 is 2.07 bits per heavy atom. The van der Waals surface area contributed by atoms with Gasteiger partial charge >= 0.3 is 6.18 Å². The van der Waals surface area contributed by atoms with Crippen LogP contribution in [0, 0.1) is 0 Å². The number of amides is 1. The van der Waals surface area contributed by atoms with Gasteiger partial charge < -0.3 is 5.32 Å². The first-order valence-electron chi connectivity index (χ1n) is 8.40. The number of halogens is 5. The van der Waals surface area contributed by atoms with Crippen LogP contribution in [0.2, 0.25) is 10.0 Å². The molecule has 1 amide bonds. The van der Waals surface area contributed by atoms with Gasteiger partial charge in [0.1, 0.15) is 12.2 Å². The van der Waals surface area contributed by atoms with Crippen molar-refractivity contribution in [1.82, 2.24) is 15.8 Å². The number of nitrogens with zero attached hydrogens (tertiary/aromatic N) is 1. The molecule has 2 heterocycles. The number of benzene rings is 2. The molecule has 2 aliphatic heterocycles. The lowest BCUT2D eigenvalue weighted by Gasteiger charge is -2.33. The second-order valence-electron chi connectivity index (χ2n) is 6.59. The summed E-state index contributed by atoms with van der Waals surface area (Å²) < 4.78 is 41.2. The van der Waals surface area contributed by atoms with E-state index in [-0.39, 0.29) is 0 Å². The van der Waals surface area contributed by atoms with Crippen molar-refractivity contribution in [3.8, 4) is 0 Å². The number of nitrogens with one attached hydrogen (secondary N) is 2. The van der Waals surface area contributed by atoms with E-state index in [1.54, 1.807) is 36.4 Å². The molecule has 2 N–H and O–H groups in total. The van der Waals surface area contributed by atoms with Crippen LogP contribution < -0.4 is 10.7 Å². The van der Waals surface area contributed by atoms with Gasteiger partial charge in [-0.2, -0.15) is 13.2 Å². The average Bonchev–Trinajstić information content (AvgIpc) is 3.03. The highest BCUT2D eigenvalue weighted by molar-refractivity contribution is 6.30. The zero-order chi connectivity index (χ0) is 20.1. The third kappa shape index (κ3) is 3.45. The Labute approximate surface area is 168 Å². The van der Waals surface area contributed by atoms with Gasteiger partial charge in [-0.25, -0.2) is 5.43 Å². The van der Waals surface area contributed by atoms with E-state index >= 15 is 0 Å². The minimum atomic E-state index is -4.55. The molecule has 2 aliphatic rings. The van der Waals surface area contributed by atoms with E-state index in [0.717, 1.165) is 5.01 Å². The quantitative estimate of drug-likeness (QED) is 0.749. The lowest BCUT2D eigenvalue weighted by molar-refractivity contribution is -0.161. The fourth-order valence-corrected chi connectivity index (χ4v) is 3.79. The number of fused-ring (bicyclic) bond motifs is 1. The van der Waals surface area contributed by atoms with E-state index in [4.69, 9.17) is 23.2 Å². The van der Waals surface area contributed by atoms with E-state index in [1.807, 2.05) is 0 Å². The maximum absolute atomic E-state index is 13.7. The molecule has 146 valence electrons. The van der Waals surface area contributed by atoms with Crippen molar-refractivity contribution in [3.63, 3.8) is 0 Å². The fourth-order valence-electron chi connectivity index (χ4n) is 3.54. The summed E-state index contributed by atoms with van der Waals surface area (Å²) in [6.07, 6.45) is -4.20. The molecule has 0 aromatic heterocycles. The topological polar surface area (TPSA) is 44.4 Å². The first-order valence-corrected chi connectivity index (χ1v) is 9.15. The Kier molecular flexibility index (Phi) is 4.77. The highest BCUT2D eigenvalue weighted by Crippen LogP contribution is 2.41. The van der Waals surface area contributed by atoms with E-state index < -0.39 is 30.2 Å². The van der Waals surface area contributed by atoms with Crippen LogP contribution in [0.25, 0.3) is 5.70 Å². The van der Waals surface area contributed by atoms with Gasteiger partial charge in [-0.15, -0.1) is 0 Å². The molecule has 3 atom stereocenters. The maximum Gasteiger partial charge on any atom is 0.406 e. The molecule has 2 aromatic carbocycles. The third-order valence-corrected chi connectivity index (χ3v) is 5.33. The largest absolute Gasteiger partial charge is 0.406 e. The SMILES string of the molecule is O=C1C=C(c2ccc(Cl)cc2)NC2C(c3ccc(Cl)cc3)C(C(F)(F)F)NN12. The predicted molar refractivity (Wildman–Crippen MR) is 100 cm³/mol. The van der Waals surface area contributed by atoms with Gasteiger partial charge in [0.2, 0.25) is 0 Å². The summed E-state index contributed by atoms with van der Waals surface area (Å²) in [4.78, 5) is 12.6. The van der Waals surface area contributed by atoms with E-state index in [1.165, 1.54) is 18.2 Å². The predicted octanol–water partition coefficient (Wildman–Crippen LogP) is 4.33. The molecule has 2 aromatic rings. The van der Waals surface area contributed by atoms with Gasteiger partial charge in [-0.1, -0.05) is 47.5 Å². The molecule has 4 nitrogen and oxygen atoms in total. The molecule has 9 heteroatoms. The smallest absolute Gasteiger partial charge is 0.363 e. The Hall–Kier alpha value is -2.22. The fraction of sp³-hybridized carbons (Fsp3) is 0.211. The minimum Gasteiger partial charge on any atom is -0.363 e. The summed E-state index contributed by atoms with van der Waals surface area (Å²) in [5, 5.41) is 5.01. The van der Waals surface area contributed by atoms with Crippen molar-refractivity contribution < 1.29 is 18.0 Å².